The third-order valence-corrected chi connectivity index (χ3v) is 2.38. The largest absolute Gasteiger partial charge is 0.329 e. The first-order valence-electron chi connectivity index (χ1n) is 4.65. The fourth-order valence-electron chi connectivity index (χ4n) is 1.59. The standard InChI is InChI=1S/C9H12N4O2/c1-6-7(4-12(2)11-6)5-13-8(14)3-10-9(13)15/h4H,3,5H2,1-2H3,(H,10,15). The number of rotatable bonds is 2. The van der Waals surface area contributed by atoms with Crippen LogP contribution in [0.15, 0.2) is 6.20 Å². The topological polar surface area (TPSA) is 67.2 Å². The third-order valence-electron chi connectivity index (χ3n) is 2.38. The summed E-state index contributed by atoms with van der Waals surface area (Å²) in [6, 6.07) is -0.330. The molecule has 1 aromatic heterocycles. The van der Waals surface area contributed by atoms with Crippen LogP contribution in [-0.2, 0) is 18.4 Å². The monoisotopic (exact) mass is 208 g/mol. The molecule has 3 amide bonds. The van der Waals surface area contributed by atoms with Crippen molar-refractivity contribution >= 4 is 11.9 Å². The van der Waals surface area contributed by atoms with Gasteiger partial charge in [-0.3, -0.25) is 14.4 Å². The molecular weight excluding hydrogens is 196 g/mol. The smallest absolute Gasteiger partial charge is 0.324 e. The van der Waals surface area contributed by atoms with Gasteiger partial charge in [-0.25, -0.2) is 4.79 Å². The minimum absolute atomic E-state index is 0.0954. The van der Waals surface area contributed by atoms with E-state index >= 15 is 0 Å². The first-order chi connectivity index (χ1) is 7.08. The molecule has 15 heavy (non-hydrogen) atoms. The second-order valence-electron chi connectivity index (χ2n) is 3.55. The zero-order chi connectivity index (χ0) is 11.0. The van der Waals surface area contributed by atoms with Crippen molar-refractivity contribution in [3.63, 3.8) is 0 Å². The first kappa shape index (κ1) is 9.70. The van der Waals surface area contributed by atoms with Gasteiger partial charge in [-0.2, -0.15) is 5.10 Å². The predicted octanol–water partition coefficient (Wildman–Crippen LogP) is -0.220. The van der Waals surface area contributed by atoms with Gasteiger partial charge in [-0.1, -0.05) is 0 Å². The quantitative estimate of drug-likeness (QED) is 0.683. The average molecular weight is 208 g/mol. The lowest BCUT2D eigenvalue weighted by molar-refractivity contribution is -0.125. The maximum Gasteiger partial charge on any atom is 0.324 e. The van der Waals surface area contributed by atoms with E-state index in [1.54, 1.807) is 4.68 Å². The third kappa shape index (κ3) is 1.70. The van der Waals surface area contributed by atoms with Gasteiger partial charge in [0.2, 0.25) is 5.91 Å². The number of nitrogens with zero attached hydrogens (tertiary/aromatic N) is 3. The Bertz CT molecular complexity index is 408. The maximum atomic E-state index is 11.3. The lowest BCUT2D eigenvalue weighted by atomic mass is 10.2. The zero-order valence-corrected chi connectivity index (χ0v) is 8.65. The van der Waals surface area contributed by atoms with Gasteiger partial charge in [0.05, 0.1) is 18.8 Å². The van der Waals surface area contributed by atoms with E-state index in [4.69, 9.17) is 0 Å². The Morgan fingerprint density at radius 3 is 2.73 bits per heavy atom. The molecule has 0 aliphatic carbocycles. The van der Waals surface area contributed by atoms with Crippen LogP contribution in [-0.4, -0.2) is 33.2 Å². The number of amides is 3. The summed E-state index contributed by atoms with van der Waals surface area (Å²) in [5.41, 5.74) is 1.73. The van der Waals surface area contributed by atoms with Crippen molar-refractivity contribution in [2.75, 3.05) is 6.54 Å². The molecule has 1 aliphatic heterocycles. The number of carbonyl (C=O) groups excluding carboxylic acids is 2. The Hall–Kier alpha value is -1.85. The highest BCUT2D eigenvalue weighted by molar-refractivity contribution is 6.01. The van der Waals surface area contributed by atoms with Gasteiger partial charge in [-0.05, 0) is 6.92 Å². The van der Waals surface area contributed by atoms with Crippen LogP contribution < -0.4 is 5.32 Å². The first-order valence-corrected chi connectivity index (χ1v) is 4.65. The van der Waals surface area contributed by atoms with Crippen molar-refractivity contribution in [1.29, 1.82) is 0 Å². The van der Waals surface area contributed by atoms with Crippen LogP contribution in [0.3, 0.4) is 0 Å². The molecule has 80 valence electrons. The molecule has 2 rings (SSSR count). The Morgan fingerprint density at radius 2 is 2.27 bits per heavy atom. The van der Waals surface area contributed by atoms with Gasteiger partial charge < -0.3 is 5.32 Å². The van der Waals surface area contributed by atoms with Crippen molar-refractivity contribution in [2.24, 2.45) is 7.05 Å². The number of hydrogen-bond donors (Lipinski definition) is 1. The molecule has 0 aromatic carbocycles. The molecule has 0 bridgehead atoms. The minimum Gasteiger partial charge on any atom is -0.329 e. The normalized spacial score (nSPS) is 16.0. The summed E-state index contributed by atoms with van der Waals surface area (Å²) < 4.78 is 1.67. The number of urea groups is 1. The zero-order valence-electron chi connectivity index (χ0n) is 8.65. The predicted molar refractivity (Wildman–Crippen MR) is 51.9 cm³/mol. The fraction of sp³-hybridized carbons (Fsp3) is 0.444. The van der Waals surface area contributed by atoms with Crippen LogP contribution in [0.4, 0.5) is 4.79 Å². The second-order valence-corrected chi connectivity index (χ2v) is 3.55. The summed E-state index contributed by atoms with van der Waals surface area (Å²) in [5, 5.41) is 6.63. The van der Waals surface area contributed by atoms with Crippen molar-refractivity contribution in [3.05, 3.63) is 17.5 Å². The van der Waals surface area contributed by atoms with E-state index in [0.29, 0.717) is 6.54 Å². The lowest BCUT2D eigenvalue weighted by Crippen LogP contribution is -2.30. The van der Waals surface area contributed by atoms with E-state index in [0.717, 1.165) is 11.3 Å². The van der Waals surface area contributed by atoms with Crippen LogP contribution in [0.25, 0.3) is 0 Å². The van der Waals surface area contributed by atoms with E-state index in [1.165, 1.54) is 4.90 Å². The van der Waals surface area contributed by atoms with E-state index in [-0.39, 0.29) is 18.5 Å². The Labute approximate surface area is 86.9 Å². The molecule has 1 aromatic rings. The van der Waals surface area contributed by atoms with Gasteiger partial charge in [0, 0.05) is 18.8 Å². The molecule has 6 heteroatoms. The Morgan fingerprint density at radius 1 is 1.53 bits per heavy atom. The van der Waals surface area contributed by atoms with Crippen LogP contribution in [0.1, 0.15) is 11.3 Å². The highest BCUT2D eigenvalue weighted by Gasteiger charge is 2.29. The number of carbonyl (C=O) groups is 2. The van der Waals surface area contributed by atoms with Gasteiger partial charge in [0.1, 0.15) is 0 Å². The molecule has 0 radical (unpaired) electrons. The summed E-state index contributed by atoms with van der Waals surface area (Å²) in [4.78, 5) is 23.8. The van der Waals surface area contributed by atoms with Crippen LogP contribution in [0, 0.1) is 6.92 Å². The molecule has 6 nitrogen and oxygen atoms in total. The lowest BCUT2D eigenvalue weighted by Gasteiger charge is -2.10. The van der Waals surface area contributed by atoms with Crippen LogP contribution in [0.5, 0.6) is 0 Å². The summed E-state index contributed by atoms with van der Waals surface area (Å²) in [5.74, 6) is -0.191. The Kier molecular flexibility index (Phi) is 2.18. The molecule has 1 fully saturated rings. The molecule has 1 N–H and O–H groups in total. The van der Waals surface area contributed by atoms with Gasteiger partial charge in [0.15, 0.2) is 0 Å². The maximum absolute atomic E-state index is 11.3. The molecule has 0 unspecified atom stereocenters. The van der Waals surface area contributed by atoms with E-state index in [9.17, 15) is 9.59 Å². The van der Waals surface area contributed by atoms with E-state index < -0.39 is 0 Å². The number of aryl methyl sites for hydroxylation is 2. The highest BCUT2D eigenvalue weighted by atomic mass is 16.2. The molecule has 0 saturated carbocycles. The van der Waals surface area contributed by atoms with Gasteiger partial charge in [0.25, 0.3) is 0 Å². The summed E-state index contributed by atoms with van der Waals surface area (Å²) >= 11 is 0. The number of aromatic nitrogens is 2. The fourth-order valence-corrected chi connectivity index (χ4v) is 1.59. The molecule has 1 aliphatic rings. The number of hydrogen-bond acceptors (Lipinski definition) is 3. The summed E-state index contributed by atoms with van der Waals surface area (Å²) in [6.45, 7) is 2.25. The molecule has 0 spiro atoms. The average Bonchev–Trinajstić information content (AvgIpc) is 2.63. The van der Waals surface area contributed by atoms with Crippen LogP contribution >= 0.6 is 0 Å². The van der Waals surface area contributed by atoms with E-state index in [2.05, 4.69) is 10.4 Å². The van der Waals surface area contributed by atoms with E-state index in [1.807, 2.05) is 20.2 Å². The van der Waals surface area contributed by atoms with Crippen molar-refractivity contribution in [2.45, 2.75) is 13.5 Å². The minimum atomic E-state index is -0.330. The SMILES string of the molecule is Cc1nn(C)cc1CN1C(=O)CNC1=O. The summed E-state index contributed by atoms with van der Waals surface area (Å²) in [7, 11) is 1.81. The second kappa shape index (κ2) is 3.38. The molecule has 0 atom stereocenters. The van der Waals surface area contributed by atoms with Gasteiger partial charge in [-0.15, -0.1) is 0 Å². The Balaban J connectivity index is 2.18. The summed E-state index contributed by atoms with van der Waals surface area (Å²) in [6.07, 6.45) is 1.81. The molecule has 2 heterocycles. The van der Waals surface area contributed by atoms with Crippen molar-refractivity contribution in [3.8, 4) is 0 Å². The molecular formula is C9H12N4O2. The van der Waals surface area contributed by atoms with Gasteiger partial charge >= 0.3 is 6.03 Å². The highest BCUT2D eigenvalue weighted by Crippen LogP contribution is 2.11. The van der Waals surface area contributed by atoms with Crippen molar-refractivity contribution in [1.82, 2.24) is 20.0 Å². The van der Waals surface area contributed by atoms with Crippen molar-refractivity contribution < 1.29 is 9.59 Å². The number of imide groups is 1. The van der Waals surface area contributed by atoms with Crippen LogP contribution in [0.2, 0.25) is 0 Å². The number of nitrogens with one attached hydrogen (secondary N) is 1. The molecule has 1 saturated heterocycles.